The number of carbonyl (C=O) groups is 1. The Kier molecular flexibility index (Phi) is 2.47. The number of hydrogen-bond donors (Lipinski definition) is 0. The van der Waals surface area contributed by atoms with Crippen LogP contribution in [0.4, 0.5) is 0 Å². The molecule has 5 heteroatoms. The van der Waals surface area contributed by atoms with Gasteiger partial charge in [-0.1, -0.05) is 18.2 Å². The van der Waals surface area contributed by atoms with E-state index in [9.17, 15) is 14.9 Å². The molecule has 0 saturated carbocycles. The number of hydrogen-bond acceptors (Lipinski definition) is 4. The van der Waals surface area contributed by atoms with Gasteiger partial charge in [-0.3, -0.25) is 14.9 Å². The summed E-state index contributed by atoms with van der Waals surface area (Å²) in [7, 11) is 0. The van der Waals surface area contributed by atoms with Crippen LogP contribution in [-0.2, 0) is 4.79 Å². The molecular formula is C10H7NO3S. The highest BCUT2D eigenvalue weighted by molar-refractivity contribution is 7.19. The van der Waals surface area contributed by atoms with E-state index in [-0.39, 0.29) is 0 Å². The number of aldehydes is 1. The fourth-order valence-electron chi connectivity index (χ4n) is 1.37. The fraction of sp³-hybridized carbons (Fsp3) is 0.100. The van der Waals surface area contributed by atoms with Crippen molar-refractivity contribution in [3.63, 3.8) is 0 Å². The zero-order valence-electron chi connectivity index (χ0n) is 7.62. The van der Waals surface area contributed by atoms with Gasteiger partial charge in [-0.25, -0.2) is 0 Å². The topological polar surface area (TPSA) is 60.2 Å². The van der Waals surface area contributed by atoms with Crippen LogP contribution in [0.15, 0.2) is 30.3 Å². The summed E-state index contributed by atoms with van der Waals surface area (Å²) in [6.45, 7) is 0. The molecule has 15 heavy (non-hydrogen) atoms. The number of fused-ring (bicyclic) bond motifs is 1. The molecule has 76 valence electrons. The molecule has 2 rings (SSSR count). The van der Waals surface area contributed by atoms with E-state index in [0.29, 0.717) is 11.2 Å². The van der Waals surface area contributed by atoms with Crippen molar-refractivity contribution in [1.29, 1.82) is 0 Å². The van der Waals surface area contributed by atoms with Crippen LogP contribution in [0.1, 0.15) is 10.9 Å². The van der Waals surface area contributed by atoms with Gasteiger partial charge in [0.15, 0.2) is 6.29 Å². The Morgan fingerprint density at radius 2 is 2.13 bits per heavy atom. The molecule has 0 amide bonds. The van der Waals surface area contributed by atoms with E-state index in [1.165, 1.54) is 11.3 Å². The van der Waals surface area contributed by atoms with Crippen LogP contribution in [0.2, 0.25) is 0 Å². The summed E-state index contributed by atoms with van der Waals surface area (Å²) in [5.74, 6) is 0. The molecule has 0 N–H and O–H groups in total. The van der Waals surface area contributed by atoms with Crippen LogP contribution >= 0.6 is 11.3 Å². The fourth-order valence-corrected chi connectivity index (χ4v) is 2.46. The molecule has 1 aromatic carbocycles. The van der Waals surface area contributed by atoms with Gasteiger partial charge < -0.3 is 0 Å². The second kappa shape index (κ2) is 3.78. The van der Waals surface area contributed by atoms with E-state index in [1.807, 2.05) is 24.3 Å². The van der Waals surface area contributed by atoms with Crippen LogP contribution in [0, 0.1) is 10.1 Å². The van der Waals surface area contributed by atoms with E-state index in [0.717, 1.165) is 10.1 Å². The number of rotatable bonds is 3. The lowest BCUT2D eigenvalue weighted by Gasteiger charge is -1.96. The maximum absolute atomic E-state index is 10.6. The summed E-state index contributed by atoms with van der Waals surface area (Å²) < 4.78 is 0.959. The molecule has 1 unspecified atom stereocenters. The van der Waals surface area contributed by atoms with Crippen LogP contribution < -0.4 is 0 Å². The van der Waals surface area contributed by atoms with Crippen LogP contribution in [0.5, 0.6) is 0 Å². The van der Waals surface area contributed by atoms with Crippen molar-refractivity contribution in [3.05, 3.63) is 45.3 Å². The van der Waals surface area contributed by atoms with Crippen LogP contribution in [-0.4, -0.2) is 11.2 Å². The smallest absolute Gasteiger partial charge is 0.295 e. The molecule has 0 radical (unpaired) electrons. The quantitative estimate of drug-likeness (QED) is 0.454. The highest BCUT2D eigenvalue weighted by Crippen LogP contribution is 2.30. The molecule has 2 aromatic rings. The molecule has 4 nitrogen and oxygen atoms in total. The van der Waals surface area contributed by atoms with Crippen molar-refractivity contribution < 1.29 is 9.72 Å². The van der Waals surface area contributed by atoms with Gasteiger partial charge in [-0.05, 0) is 17.5 Å². The normalized spacial score (nSPS) is 12.5. The monoisotopic (exact) mass is 221 g/mol. The first-order chi connectivity index (χ1) is 7.22. The van der Waals surface area contributed by atoms with Crippen LogP contribution in [0.3, 0.4) is 0 Å². The third-order valence-electron chi connectivity index (χ3n) is 2.09. The van der Waals surface area contributed by atoms with E-state index in [2.05, 4.69) is 0 Å². The highest BCUT2D eigenvalue weighted by Gasteiger charge is 2.23. The lowest BCUT2D eigenvalue weighted by molar-refractivity contribution is -0.510. The predicted octanol–water partition coefficient (Wildman–Crippen LogP) is 2.42. The number of benzene rings is 1. The Morgan fingerprint density at radius 1 is 1.40 bits per heavy atom. The van der Waals surface area contributed by atoms with Gasteiger partial charge in [-0.15, -0.1) is 11.3 Å². The second-order valence-electron chi connectivity index (χ2n) is 3.05. The van der Waals surface area contributed by atoms with Gasteiger partial charge >= 0.3 is 6.04 Å². The Bertz CT molecular complexity index is 487. The van der Waals surface area contributed by atoms with Gasteiger partial charge in [0.1, 0.15) is 0 Å². The van der Waals surface area contributed by atoms with Crippen LogP contribution in [0.25, 0.3) is 10.1 Å². The zero-order chi connectivity index (χ0) is 10.8. The molecule has 0 saturated heterocycles. The molecule has 1 heterocycles. The summed E-state index contributed by atoms with van der Waals surface area (Å²) in [5, 5.41) is 11.5. The molecule has 1 atom stereocenters. The van der Waals surface area contributed by atoms with Crippen molar-refractivity contribution in [3.8, 4) is 0 Å². The SMILES string of the molecule is O=CC(c1cc2ccccc2s1)[N+](=O)[O-]. The predicted molar refractivity (Wildman–Crippen MR) is 57.6 cm³/mol. The largest absolute Gasteiger partial charge is 0.301 e. The Hall–Kier alpha value is -1.75. The molecule has 0 spiro atoms. The summed E-state index contributed by atoms with van der Waals surface area (Å²) in [4.78, 5) is 21.1. The first kappa shape index (κ1) is 9.79. The van der Waals surface area contributed by atoms with Crippen molar-refractivity contribution in [2.45, 2.75) is 6.04 Å². The minimum atomic E-state index is -1.23. The Balaban J connectivity index is 2.52. The third-order valence-corrected chi connectivity index (χ3v) is 3.28. The van der Waals surface area contributed by atoms with Crippen molar-refractivity contribution in [2.75, 3.05) is 0 Å². The van der Waals surface area contributed by atoms with Gasteiger partial charge in [0.05, 0.1) is 4.88 Å². The summed E-state index contributed by atoms with van der Waals surface area (Å²) in [6.07, 6.45) is 0.366. The van der Waals surface area contributed by atoms with E-state index in [1.54, 1.807) is 6.07 Å². The minimum Gasteiger partial charge on any atom is -0.295 e. The first-order valence-electron chi connectivity index (χ1n) is 4.29. The van der Waals surface area contributed by atoms with Crippen molar-refractivity contribution >= 4 is 27.7 Å². The maximum atomic E-state index is 10.6. The molecule has 0 fully saturated rings. The second-order valence-corrected chi connectivity index (χ2v) is 4.17. The average Bonchev–Trinajstić information content (AvgIpc) is 2.61. The summed E-state index contributed by atoms with van der Waals surface area (Å²) in [5.41, 5.74) is 0. The third kappa shape index (κ3) is 1.73. The number of nitrogens with zero attached hydrogens (tertiary/aromatic N) is 1. The Labute approximate surface area is 89.3 Å². The summed E-state index contributed by atoms with van der Waals surface area (Å²) in [6, 6.07) is 7.94. The first-order valence-corrected chi connectivity index (χ1v) is 5.11. The minimum absolute atomic E-state index is 0.366. The number of thiophene rings is 1. The van der Waals surface area contributed by atoms with Gasteiger partial charge in [0.25, 0.3) is 0 Å². The number of carbonyl (C=O) groups excluding carboxylic acids is 1. The van der Waals surface area contributed by atoms with E-state index >= 15 is 0 Å². The molecule has 0 aliphatic carbocycles. The number of nitro groups is 1. The van der Waals surface area contributed by atoms with Crippen molar-refractivity contribution in [1.82, 2.24) is 0 Å². The van der Waals surface area contributed by atoms with Crippen molar-refractivity contribution in [2.24, 2.45) is 0 Å². The maximum Gasteiger partial charge on any atom is 0.301 e. The average molecular weight is 221 g/mol. The molecule has 0 aliphatic heterocycles. The van der Waals surface area contributed by atoms with E-state index < -0.39 is 11.0 Å². The summed E-state index contributed by atoms with van der Waals surface area (Å²) >= 11 is 1.29. The highest BCUT2D eigenvalue weighted by atomic mass is 32.1. The molecular weight excluding hydrogens is 214 g/mol. The molecule has 0 bridgehead atoms. The standard InChI is InChI=1S/C10H7NO3S/c12-6-8(11(13)14)10-5-7-3-1-2-4-9(7)15-10/h1-6,8H. The molecule has 1 aromatic heterocycles. The Morgan fingerprint density at radius 3 is 2.73 bits per heavy atom. The van der Waals surface area contributed by atoms with E-state index in [4.69, 9.17) is 0 Å². The molecule has 0 aliphatic rings. The zero-order valence-corrected chi connectivity index (χ0v) is 8.44. The van der Waals surface area contributed by atoms with Gasteiger partial charge in [0, 0.05) is 9.62 Å². The van der Waals surface area contributed by atoms with Gasteiger partial charge in [0.2, 0.25) is 0 Å². The van der Waals surface area contributed by atoms with Gasteiger partial charge in [-0.2, -0.15) is 0 Å². The lowest BCUT2D eigenvalue weighted by atomic mass is 10.2. The lowest BCUT2D eigenvalue weighted by Crippen LogP contribution is -2.09.